The monoisotopic (exact) mass is 249 g/mol. The Labute approximate surface area is 101 Å². The van der Waals surface area contributed by atoms with Gasteiger partial charge in [-0.05, 0) is 13.3 Å². The van der Waals surface area contributed by atoms with Crippen LogP contribution in [0, 0.1) is 0 Å². The Kier molecular flexibility index (Phi) is 8.80. The third kappa shape index (κ3) is 7.62. The first-order valence-electron chi connectivity index (χ1n) is 5.25. The molecule has 0 aromatic rings. The Hall–Kier alpha value is -0.290. The zero-order chi connectivity index (χ0) is 11.7. The van der Waals surface area contributed by atoms with Crippen molar-refractivity contribution in [3.8, 4) is 0 Å². The molecular formula is C10H19NO2S2. The highest BCUT2D eigenvalue weighted by atomic mass is 32.2. The molecule has 0 aliphatic heterocycles. The second-order valence-electron chi connectivity index (χ2n) is 3.19. The van der Waals surface area contributed by atoms with Crippen LogP contribution in [0.5, 0.6) is 0 Å². The molecule has 0 radical (unpaired) electrons. The van der Waals surface area contributed by atoms with E-state index in [9.17, 15) is 4.79 Å². The van der Waals surface area contributed by atoms with E-state index in [1.807, 2.05) is 11.8 Å². The number of carboxylic acid groups (broad SMARTS) is 1. The number of unbranched alkanes of at least 4 members (excludes halogenated alkanes) is 1. The Morgan fingerprint density at radius 1 is 1.47 bits per heavy atom. The van der Waals surface area contributed by atoms with Crippen LogP contribution in [0.15, 0.2) is 0 Å². The maximum absolute atomic E-state index is 10.4. The lowest BCUT2D eigenvalue weighted by molar-refractivity contribution is -0.137. The van der Waals surface area contributed by atoms with Crippen LogP contribution >= 0.6 is 24.0 Å². The summed E-state index contributed by atoms with van der Waals surface area (Å²) in [6.45, 7) is 5.44. The minimum atomic E-state index is -0.769. The van der Waals surface area contributed by atoms with Crippen molar-refractivity contribution in [2.24, 2.45) is 0 Å². The van der Waals surface area contributed by atoms with Crippen molar-refractivity contribution >= 4 is 34.3 Å². The van der Waals surface area contributed by atoms with Gasteiger partial charge in [-0.2, -0.15) is 0 Å². The van der Waals surface area contributed by atoms with Gasteiger partial charge in [0, 0.05) is 18.8 Å². The standard InChI is InChI=1S/C10H19NO2S2/c1-3-5-8-15-10(14)11(4-2)7-6-9(12)13/h3-8H2,1-2H3,(H,12,13). The summed E-state index contributed by atoms with van der Waals surface area (Å²) in [5, 5.41) is 8.58. The summed E-state index contributed by atoms with van der Waals surface area (Å²) in [5.74, 6) is 0.258. The predicted molar refractivity (Wildman–Crippen MR) is 69.5 cm³/mol. The van der Waals surface area contributed by atoms with Gasteiger partial charge in [0.1, 0.15) is 4.32 Å². The van der Waals surface area contributed by atoms with Crippen molar-refractivity contribution in [2.75, 3.05) is 18.8 Å². The lowest BCUT2D eigenvalue weighted by Crippen LogP contribution is -2.29. The molecule has 0 spiro atoms. The normalized spacial score (nSPS) is 10.0. The van der Waals surface area contributed by atoms with Crippen molar-refractivity contribution in [1.82, 2.24) is 4.90 Å². The fraction of sp³-hybridized carbons (Fsp3) is 0.800. The molecule has 0 aromatic carbocycles. The molecule has 0 aliphatic carbocycles. The largest absolute Gasteiger partial charge is 0.481 e. The average molecular weight is 249 g/mol. The Morgan fingerprint density at radius 2 is 2.13 bits per heavy atom. The van der Waals surface area contributed by atoms with E-state index < -0.39 is 5.97 Å². The molecule has 5 heteroatoms. The van der Waals surface area contributed by atoms with Crippen LogP contribution in [-0.2, 0) is 4.79 Å². The number of thioether (sulfide) groups is 1. The summed E-state index contributed by atoms with van der Waals surface area (Å²) in [6, 6.07) is 0. The summed E-state index contributed by atoms with van der Waals surface area (Å²) >= 11 is 6.89. The average Bonchev–Trinajstić information content (AvgIpc) is 2.18. The Bertz CT molecular complexity index is 210. The summed E-state index contributed by atoms with van der Waals surface area (Å²) < 4.78 is 0.826. The number of carbonyl (C=O) groups is 1. The predicted octanol–water partition coefficient (Wildman–Crippen LogP) is 2.60. The van der Waals surface area contributed by atoms with E-state index in [1.165, 1.54) is 0 Å². The van der Waals surface area contributed by atoms with Crippen molar-refractivity contribution in [3.05, 3.63) is 0 Å². The van der Waals surface area contributed by atoms with Gasteiger partial charge >= 0.3 is 5.97 Å². The SMILES string of the molecule is CCCCSC(=S)N(CC)CCC(=O)O. The lowest BCUT2D eigenvalue weighted by Gasteiger charge is -2.22. The number of rotatable bonds is 7. The van der Waals surface area contributed by atoms with Crippen molar-refractivity contribution in [1.29, 1.82) is 0 Å². The van der Waals surface area contributed by atoms with E-state index in [2.05, 4.69) is 6.92 Å². The van der Waals surface area contributed by atoms with Gasteiger partial charge in [-0.25, -0.2) is 0 Å². The first-order valence-corrected chi connectivity index (χ1v) is 6.64. The minimum Gasteiger partial charge on any atom is -0.481 e. The van der Waals surface area contributed by atoms with Crippen molar-refractivity contribution in [3.63, 3.8) is 0 Å². The number of hydrogen-bond donors (Lipinski definition) is 1. The highest BCUT2D eigenvalue weighted by Gasteiger charge is 2.09. The lowest BCUT2D eigenvalue weighted by atomic mass is 10.4. The quantitative estimate of drug-likeness (QED) is 0.555. The van der Waals surface area contributed by atoms with Gasteiger partial charge in [-0.3, -0.25) is 4.79 Å². The molecule has 3 nitrogen and oxygen atoms in total. The van der Waals surface area contributed by atoms with E-state index in [0.717, 1.165) is 29.5 Å². The van der Waals surface area contributed by atoms with E-state index in [4.69, 9.17) is 17.3 Å². The Morgan fingerprint density at radius 3 is 2.60 bits per heavy atom. The smallest absolute Gasteiger partial charge is 0.305 e. The van der Waals surface area contributed by atoms with Gasteiger partial charge in [0.05, 0.1) is 6.42 Å². The molecule has 88 valence electrons. The van der Waals surface area contributed by atoms with Crippen LogP contribution in [0.1, 0.15) is 33.1 Å². The number of aliphatic carboxylic acids is 1. The fourth-order valence-electron chi connectivity index (χ4n) is 1.00. The maximum atomic E-state index is 10.4. The van der Waals surface area contributed by atoms with Crippen LogP contribution < -0.4 is 0 Å². The van der Waals surface area contributed by atoms with E-state index >= 15 is 0 Å². The van der Waals surface area contributed by atoms with Crippen molar-refractivity contribution in [2.45, 2.75) is 33.1 Å². The zero-order valence-corrected chi connectivity index (χ0v) is 11.0. The number of thiocarbonyl (C=S) groups is 1. The van der Waals surface area contributed by atoms with Gasteiger partial charge in [-0.15, -0.1) is 0 Å². The molecule has 15 heavy (non-hydrogen) atoms. The van der Waals surface area contributed by atoms with Gasteiger partial charge in [0.2, 0.25) is 0 Å². The first kappa shape index (κ1) is 14.7. The summed E-state index contributed by atoms with van der Waals surface area (Å²) in [6.07, 6.45) is 2.47. The van der Waals surface area contributed by atoms with Gasteiger partial charge in [0.15, 0.2) is 0 Å². The third-order valence-corrected chi connectivity index (χ3v) is 3.57. The van der Waals surface area contributed by atoms with E-state index in [0.29, 0.717) is 6.54 Å². The second-order valence-corrected chi connectivity index (χ2v) is 4.92. The second kappa shape index (κ2) is 8.97. The first-order chi connectivity index (χ1) is 7.11. The molecule has 0 heterocycles. The zero-order valence-electron chi connectivity index (χ0n) is 9.36. The van der Waals surface area contributed by atoms with Crippen LogP contribution in [0.4, 0.5) is 0 Å². The third-order valence-electron chi connectivity index (χ3n) is 1.96. The van der Waals surface area contributed by atoms with Crippen LogP contribution in [0.25, 0.3) is 0 Å². The Balaban J connectivity index is 3.82. The van der Waals surface area contributed by atoms with Gasteiger partial charge in [0.25, 0.3) is 0 Å². The molecule has 0 saturated carbocycles. The number of carboxylic acids is 1. The molecule has 0 amide bonds. The molecule has 0 aromatic heterocycles. The topological polar surface area (TPSA) is 40.5 Å². The molecule has 0 rings (SSSR count). The fourth-order valence-corrected chi connectivity index (χ4v) is 2.49. The molecule has 0 saturated heterocycles. The number of hydrogen-bond acceptors (Lipinski definition) is 3. The summed E-state index contributed by atoms with van der Waals surface area (Å²) in [4.78, 5) is 12.4. The summed E-state index contributed by atoms with van der Waals surface area (Å²) in [7, 11) is 0. The minimum absolute atomic E-state index is 0.155. The molecule has 0 atom stereocenters. The highest BCUT2D eigenvalue weighted by Crippen LogP contribution is 2.12. The summed E-state index contributed by atoms with van der Waals surface area (Å²) in [5.41, 5.74) is 0. The van der Waals surface area contributed by atoms with Crippen LogP contribution in [0.3, 0.4) is 0 Å². The molecule has 0 bridgehead atoms. The van der Waals surface area contributed by atoms with Crippen molar-refractivity contribution < 1.29 is 9.90 Å². The molecule has 0 aliphatic rings. The molecule has 0 unspecified atom stereocenters. The van der Waals surface area contributed by atoms with Gasteiger partial charge < -0.3 is 10.0 Å². The van der Waals surface area contributed by atoms with Crippen LogP contribution in [0.2, 0.25) is 0 Å². The highest BCUT2D eigenvalue weighted by molar-refractivity contribution is 8.22. The number of nitrogens with zero attached hydrogens (tertiary/aromatic N) is 1. The molecule has 1 N–H and O–H groups in total. The van der Waals surface area contributed by atoms with E-state index in [-0.39, 0.29) is 6.42 Å². The van der Waals surface area contributed by atoms with E-state index in [1.54, 1.807) is 11.8 Å². The molecule has 0 fully saturated rings. The van der Waals surface area contributed by atoms with Crippen LogP contribution in [-0.4, -0.2) is 39.1 Å². The maximum Gasteiger partial charge on any atom is 0.305 e. The van der Waals surface area contributed by atoms with Gasteiger partial charge in [-0.1, -0.05) is 37.3 Å². The molecular weight excluding hydrogens is 230 g/mol.